The average molecular weight is 267 g/mol. The Labute approximate surface area is 117 Å². The molecule has 0 aliphatic heterocycles. The van der Waals surface area contributed by atoms with E-state index in [1.807, 2.05) is 4.68 Å². The van der Waals surface area contributed by atoms with E-state index in [9.17, 15) is 0 Å². The minimum atomic E-state index is 0.211. The van der Waals surface area contributed by atoms with Gasteiger partial charge in [0.05, 0.1) is 12.1 Å². The predicted molar refractivity (Wildman–Crippen MR) is 77.9 cm³/mol. The fraction of sp³-hybridized carbons (Fsp3) is 0.929. The summed E-state index contributed by atoms with van der Waals surface area (Å²) in [5.74, 6) is 1.72. The second-order valence-corrected chi connectivity index (χ2v) is 5.83. The molecule has 1 aromatic rings. The van der Waals surface area contributed by atoms with Crippen LogP contribution in [0, 0.1) is 5.92 Å². The molecule has 5 heteroatoms. The van der Waals surface area contributed by atoms with E-state index in [1.165, 1.54) is 12.8 Å². The molecule has 19 heavy (non-hydrogen) atoms. The number of nitrogens with zero attached hydrogens (tertiary/aromatic N) is 4. The first-order chi connectivity index (χ1) is 9.06. The van der Waals surface area contributed by atoms with Crippen molar-refractivity contribution in [3.63, 3.8) is 0 Å². The van der Waals surface area contributed by atoms with E-state index in [2.05, 4.69) is 55.5 Å². The zero-order chi connectivity index (χ0) is 14.3. The molecule has 2 unspecified atom stereocenters. The SMILES string of the molecule is CCCNC(C)c1nnnn1C(C)CCCC(C)C. The lowest BCUT2D eigenvalue weighted by atomic mass is 10.0. The van der Waals surface area contributed by atoms with Gasteiger partial charge in [0.1, 0.15) is 0 Å². The Balaban J connectivity index is 2.55. The molecule has 0 amide bonds. The van der Waals surface area contributed by atoms with Gasteiger partial charge in [-0.3, -0.25) is 0 Å². The van der Waals surface area contributed by atoms with E-state index in [1.54, 1.807) is 0 Å². The van der Waals surface area contributed by atoms with E-state index >= 15 is 0 Å². The average Bonchev–Trinajstić information content (AvgIpc) is 2.84. The van der Waals surface area contributed by atoms with E-state index in [-0.39, 0.29) is 6.04 Å². The van der Waals surface area contributed by atoms with E-state index in [4.69, 9.17) is 0 Å². The fourth-order valence-electron chi connectivity index (χ4n) is 2.20. The molecule has 0 spiro atoms. The summed E-state index contributed by atoms with van der Waals surface area (Å²) in [6.45, 7) is 12.0. The third-order valence-electron chi connectivity index (χ3n) is 3.43. The first kappa shape index (κ1) is 16.1. The van der Waals surface area contributed by atoms with Gasteiger partial charge in [-0.25, -0.2) is 4.68 Å². The van der Waals surface area contributed by atoms with Gasteiger partial charge in [0.2, 0.25) is 0 Å². The Kier molecular flexibility index (Phi) is 6.99. The van der Waals surface area contributed by atoms with Crippen molar-refractivity contribution in [3.05, 3.63) is 5.82 Å². The van der Waals surface area contributed by atoms with Crippen molar-refractivity contribution in [2.45, 2.75) is 72.4 Å². The maximum Gasteiger partial charge on any atom is 0.168 e. The molecule has 0 radical (unpaired) electrons. The van der Waals surface area contributed by atoms with Crippen molar-refractivity contribution in [1.29, 1.82) is 0 Å². The van der Waals surface area contributed by atoms with Crippen LogP contribution in [0.25, 0.3) is 0 Å². The largest absolute Gasteiger partial charge is 0.307 e. The van der Waals surface area contributed by atoms with Crippen molar-refractivity contribution in [1.82, 2.24) is 25.5 Å². The molecule has 0 saturated carbocycles. The Hall–Kier alpha value is -0.970. The highest BCUT2D eigenvalue weighted by Crippen LogP contribution is 2.19. The molecule has 1 aromatic heterocycles. The Morgan fingerprint density at radius 3 is 2.53 bits per heavy atom. The van der Waals surface area contributed by atoms with Crippen LogP contribution >= 0.6 is 0 Å². The van der Waals surface area contributed by atoms with Gasteiger partial charge in [0.25, 0.3) is 0 Å². The topological polar surface area (TPSA) is 55.6 Å². The van der Waals surface area contributed by atoms with Crippen molar-refractivity contribution >= 4 is 0 Å². The van der Waals surface area contributed by atoms with Crippen LogP contribution in [-0.2, 0) is 0 Å². The zero-order valence-corrected chi connectivity index (χ0v) is 13.1. The summed E-state index contributed by atoms with van der Waals surface area (Å²) in [6, 6.07) is 0.581. The predicted octanol–water partition coefficient (Wildman–Crippen LogP) is 3.12. The lowest BCUT2D eigenvalue weighted by Gasteiger charge is -2.17. The highest BCUT2D eigenvalue weighted by atomic mass is 15.6. The van der Waals surface area contributed by atoms with Gasteiger partial charge in [0, 0.05) is 0 Å². The van der Waals surface area contributed by atoms with Crippen LogP contribution in [0.3, 0.4) is 0 Å². The van der Waals surface area contributed by atoms with Gasteiger partial charge in [-0.1, -0.05) is 33.6 Å². The molecule has 5 nitrogen and oxygen atoms in total. The molecule has 1 rings (SSSR count). The second-order valence-electron chi connectivity index (χ2n) is 5.83. The Morgan fingerprint density at radius 1 is 1.16 bits per heavy atom. The normalized spacial score (nSPS) is 14.8. The van der Waals surface area contributed by atoms with Gasteiger partial charge < -0.3 is 5.32 Å². The quantitative estimate of drug-likeness (QED) is 0.747. The lowest BCUT2D eigenvalue weighted by molar-refractivity contribution is 0.385. The van der Waals surface area contributed by atoms with Crippen LogP contribution in [0.2, 0.25) is 0 Å². The van der Waals surface area contributed by atoms with Gasteiger partial charge in [-0.05, 0) is 49.6 Å². The fourth-order valence-corrected chi connectivity index (χ4v) is 2.20. The molecule has 0 fully saturated rings. The lowest BCUT2D eigenvalue weighted by Crippen LogP contribution is -2.24. The van der Waals surface area contributed by atoms with Crippen LogP contribution in [0.5, 0.6) is 0 Å². The van der Waals surface area contributed by atoms with Crippen molar-refractivity contribution in [2.75, 3.05) is 6.54 Å². The maximum atomic E-state index is 4.17. The molecule has 0 saturated heterocycles. The van der Waals surface area contributed by atoms with Gasteiger partial charge in [0.15, 0.2) is 5.82 Å². The summed E-state index contributed by atoms with van der Waals surface area (Å²) in [6.07, 6.45) is 4.76. The molecule has 0 aliphatic carbocycles. The molecular weight excluding hydrogens is 238 g/mol. The molecule has 1 N–H and O–H groups in total. The summed E-state index contributed by atoms with van der Waals surface area (Å²) in [5, 5.41) is 15.6. The molecular formula is C14H29N5. The van der Waals surface area contributed by atoms with Crippen LogP contribution in [-0.4, -0.2) is 26.8 Å². The Morgan fingerprint density at radius 2 is 1.89 bits per heavy atom. The van der Waals surface area contributed by atoms with E-state index in [0.717, 1.165) is 31.1 Å². The van der Waals surface area contributed by atoms with Gasteiger partial charge in [-0.2, -0.15) is 0 Å². The summed E-state index contributed by atoms with van der Waals surface area (Å²) in [5.41, 5.74) is 0. The minimum absolute atomic E-state index is 0.211. The molecule has 0 bridgehead atoms. The summed E-state index contributed by atoms with van der Waals surface area (Å²) < 4.78 is 1.98. The zero-order valence-electron chi connectivity index (χ0n) is 13.1. The number of rotatable bonds is 9. The molecule has 1 heterocycles. The number of tetrazole rings is 1. The second kappa shape index (κ2) is 8.25. The maximum absolute atomic E-state index is 4.17. The molecule has 2 atom stereocenters. The summed E-state index contributed by atoms with van der Waals surface area (Å²) in [4.78, 5) is 0. The van der Waals surface area contributed by atoms with Gasteiger partial charge >= 0.3 is 0 Å². The van der Waals surface area contributed by atoms with E-state index < -0.39 is 0 Å². The monoisotopic (exact) mass is 267 g/mol. The minimum Gasteiger partial charge on any atom is -0.307 e. The number of hydrogen-bond donors (Lipinski definition) is 1. The summed E-state index contributed by atoms with van der Waals surface area (Å²) >= 11 is 0. The van der Waals surface area contributed by atoms with Crippen LogP contribution in [0.4, 0.5) is 0 Å². The number of nitrogens with one attached hydrogen (secondary N) is 1. The highest BCUT2D eigenvalue weighted by Gasteiger charge is 2.17. The number of aromatic nitrogens is 4. The van der Waals surface area contributed by atoms with Crippen LogP contribution in [0.15, 0.2) is 0 Å². The van der Waals surface area contributed by atoms with Crippen LogP contribution < -0.4 is 5.32 Å². The highest BCUT2D eigenvalue weighted by molar-refractivity contribution is 4.91. The molecule has 0 aliphatic rings. The molecule has 110 valence electrons. The van der Waals surface area contributed by atoms with Gasteiger partial charge in [-0.15, -0.1) is 5.10 Å². The summed E-state index contributed by atoms with van der Waals surface area (Å²) in [7, 11) is 0. The Bertz CT molecular complexity index is 347. The first-order valence-corrected chi connectivity index (χ1v) is 7.57. The molecule has 0 aromatic carbocycles. The smallest absolute Gasteiger partial charge is 0.168 e. The standard InChI is InChI=1S/C14H29N5/c1-6-10-15-13(5)14-16-17-18-19(14)12(4)9-7-8-11(2)3/h11-13,15H,6-10H2,1-5H3. The number of hydrogen-bond acceptors (Lipinski definition) is 4. The van der Waals surface area contributed by atoms with Crippen LogP contribution in [0.1, 0.15) is 78.2 Å². The first-order valence-electron chi connectivity index (χ1n) is 7.57. The van der Waals surface area contributed by atoms with Crippen molar-refractivity contribution in [3.8, 4) is 0 Å². The third-order valence-corrected chi connectivity index (χ3v) is 3.43. The van der Waals surface area contributed by atoms with E-state index in [0.29, 0.717) is 6.04 Å². The third kappa shape index (κ3) is 5.27. The van der Waals surface area contributed by atoms with Crippen molar-refractivity contribution in [2.24, 2.45) is 5.92 Å². The van der Waals surface area contributed by atoms with Crippen molar-refractivity contribution < 1.29 is 0 Å².